The molecule has 8 heteroatoms. The van der Waals surface area contributed by atoms with Crippen LogP contribution in [0.1, 0.15) is 11.3 Å². The number of aryl methyl sites for hydroxylation is 2. The Balaban J connectivity index is 1.75. The number of nitrogens with zero attached hydrogens (tertiary/aromatic N) is 2. The quantitative estimate of drug-likeness (QED) is 0.641. The Bertz CT molecular complexity index is 1140. The molecule has 1 heterocycles. The minimum absolute atomic E-state index is 0.0225. The lowest BCUT2D eigenvalue weighted by atomic mass is 10.1. The number of hydrogen-bond donors (Lipinski definition) is 1. The normalized spacial score (nSPS) is 10.6. The number of benzene rings is 2. The van der Waals surface area contributed by atoms with Gasteiger partial charge in [0.1, 0.15) is 5.75 Å². The lowest BCUT2D eigenvalue weighted by molar-refractivity contribution is -0.142. The van der Waals surface area contributed by atoms with E-state index in [0.29, 0.717) is 27.9 Å². The van der Waals surface area contributed by atoms with E-state index < -0.39 is 5.97 Å². The van der Waals surface area contributed by atoms with Crippen LogP contribution < -0.4 is 15.6 Å². The zero-order chi connectivity index (χ0) is 21.0. The number of anilines is 1. The number of carbonyl (C=O) groups excluding carboxylic acids is 2. The van der Waals surface area contributed by atoms with Crippen molar-refractivity contribution in [2.45, 2.75) is 13.3 Å². The van der Waals surface area contributed by atoms with Gasteiger partial charge >= 0.3 is 5.97 Å². The monoisotopic (exact) mass is 395 g/mol. The molecule has 2 aromatic carbocycles. The summed E-state index contributed by atoms with van der Waals surface area (Å²) in [5.74, 6) is -0.235. The van der Waals surface area contributed by atoms with E-state index in [-0.39, 0.29) is 24.5 Å². The first-order valence-corrected chi connectivity index (χ1v) is 8.94. The third kappa shape index (κ3) is 4.60. The Morgan fingerprint density at radius 3 is 2.55 bits per heavy atom. The van der Waals surface area contributed by atoms with Crippen molar-refractivity contribution in [1.82, 2.24) is 9.78 Å². The van der Waals surface area contributed by atoms with E-state index in [0.717, 1.165) is 5.56 Å². The highest BCUT2D eigenvalue weighted by Gasteiger charge is 2.13. The molecule has 29 heavy (non-hydrogen) atoms. The Morgan fingerprint density at radius 1 is 1.14 bits per heavy atom. The van der Waals surface area contributed by atoms with Gasteiger partial charge in [-0.1, -0.05) is 18.2 Å². The number of hydrogen-bond acceptors (Lipinski definition) is 6. The van der Waals surface area contributed by atoms with Crippen LogP contribution in [0.4, 0.5) is 5.69 Å². The van der Waals surface area contributed by atoms with Crippen LogP contribution in [0, 0.1) is 6.92 Å². The van der Waals surface area contributed by atoms with Crippen LogP contribution in [0.25, 0.3) is 10.8 Å². The van der Waals surface area contributed by atoms with Crippen molar-refractivity contribution in [2.75, 3.05) is 19.0 Å². The molecule has 1 N–H and O–H groups in total. The molecule has 3 rings (SSSR count). The largest absolute Gasteiger partial charge is 0.482 e. The fourth-order valence-corrected chi connectivity index (χ4v) is 2.92. The average molecular weight is 395 g/mol. The van der Waals surface area contributed by atoms with Crippen LogP contribution in [0.3, 0.4) is 0 Å². The van der Waals surface area contributed by atoms with E-state index in [1.165, 1.54) is 11.8 Å². The molecule has 0 fully saturated rings. The molecule has 0 saturated carbocycles. The minimum atomic E-state index is -0.475. The predicted molar refractivity (Wildman–Crippen MR) is 108 cm³/mol. The number of carbonyl (C=O) groups is 2. The van der Waals surface area contributed by atoms with Gasteiger partial charge in [-0.2, -0.15) is 5.10 Å². The molecule has 0 aliphatic carbocycles. The van der Waals surface area contributed by atoms with E-state index >= 15 is 0 Å². The molecule has 8 nitrogen and oxygen atoms in total. The smallest absolute Gasteiger partial charge is 0.343 e. The lowest BCUT2D eigenvalue weighted by Gasteiger charge is -2.12. The second kappa shape index (κ2) is 8.55. The summed E-state index contributed by atoms with van der Waals surface area (Å²) in [4.78, 5) is 36.0. The number of amides is 1. The minimum Gasteiger partial charge on any atom is -0.482 e. The predicted octanol–water partition coefficient (Wildman–Crippen LogP) is 1.97. The third-order valence-electron chi connectivity index (χ3n) is 4.42. The molecule has 0 aliphatic heterocycles. The van der Waals surface area contributed by atoms with E-state index in [4.69, 9.17) is 4.74 Å². The summed E-state index contributed by atoms with van der Waals surface area (Å²) < 4.78 is 11.1. The molecular formula is C21H21N3O5. The van der Waals surface area contributed by atoms with Crippen molar-refractivity contribution in [2.24, 2.45) is 7.05 Å². The highest BCUT2D eigenvalue weighted by Crippen LogP contribution is 2.22. The summed E-state index contributed by atoms with van der Waals surface area (Å²) in [7, 11) is 2.85. The van der Waals surface area contributed by atoms with Gasteiger partial charge in [0, 0.05) is 18.1 Å². The second-order valence-corrected chi connectivity index (χ2v) is 6.49. The third-order valence-corrected chi connectivity index (χ3v) is 4.42. The van der Waals surface area contributed by atoms with Gasteiger partial charge in [-0.15, -0.1) is 0 Å². The molecule has 0 saturated heterocycles. The van der Waals surface area contributed by atoms with Gasteiger partial charge in [0.15, 0.2) is 6.61 Å². The molecule has 0 spiro atoms. The van der Waals surface area contributed by atoms with Gasteiger partial charge in [-0.3, -0.25) is 9.59 Å². The van der Waals surface area contributed by atoms with Gasteiger partial charge in [0.25, 0.3) is 5.56 Å². The van der Waals surface area contributed by atoms with E-state index in [2.05, 4.69) is 15.2 Å². The van der Waals surface area contributed by atoms with Gasteiger partial charge in [0.2, 0.25) is 5.91 Å². The number of methoxy groups -OCH3 is 1. The first-order valence-electron chi connectivity index (χ1n) is 8.94. The number of rotatable bonds is 6. The fourth-order valence-electron chi connectivity index (χ4n) is 2.92. The molecule has 1 amide bonds. The van der Waals surface area contributed by atoms with Crippen molar-refractivity contribution in [3.8, 4) is 5.75 Å². The van der Waals surface area contributed by atoms with Gasteiger partial charge < -0.3 is 14.8 Å². The maximum Gasteiger partial charge on any atom is 0.343 e. The highest BCUT2D eigenvalue weighted by molar-refractivity contribution is 5.95. The molecule has 3 aromatic rings. The number of nitrogens with one attached hydrogen (secondary N) is 1. The fraction of sp³-hybridized carbons (Fsp3) is 0.238. The zero-order valence-electron chi connectivity index (χ0n) is 16.4. The Labute approximate surface area is 167 Å². The highest BCUT2D eigenvalue weighted by atomic mass is 16.6. The Kier molecular flexibility index (Phi) is 5.92. The van der Waals surface area contributed by atoms with Crippen LogP contribution >= 0.6 is 0 Å². The van der Waals surface area contributed by atoms with Crippen LogP contribution in [-0.4, -0.2) is 35.4 Å². The molecule has 0 aliphatic rings. The first kappa shape index (κ1) is 20.1. The van der Waals surface area contributed by atoms with Gasteiger partial charge in [-0.05, 0) is 36.8 Å². The molecule has 0 atom stereocenters. The number of fused-ring (bicyclic) bond motifs is 1. The van der Waals surface area contributed by atoms with Crippen LogP contribution in [0.5, 0.6) is 5.75 Å². The van der Waals surface area contributed by atoms with E-state index in [1.807, 2.05) is 13.0 Å². The van der Waals surface area contributed by atoms with Crippen molar-refractivity contribution in [1.29, 1.82) is 0 Å². The van der Waals surface area contributed by atoms with Crippen LogP contribution in [0.15, 0.2) is 47.3 Å². The van der Waals surface area contributed by atoms with Crippen molar-refractivity contribution < 1.29 is 19.1 Å². The summed E-state index contributed by atoms with van der Waals surface area (Å²) in [6.07, 6.45) is 0.0225. The first-order chi connectivity index (χ1) is 13.9. The van der Waals surface area contributed by atoms with Crippen molar-refractivity contribution in [3.63, 3.8) is 0 Å². The molecule has 0 radical (unpaired) electrons. The van der Waals surface area contributed by atoms with Gasteiger partial charge in [-0.25, -0.2) is 9.48 Å². The van der Waals surface area contributed by atoms with Crippen LogP contribution in [0.2, 0.25) is 0 Å². The molecule has 0 bridgehead atoms. The Hall–Kier alpha value is -3.68. The average Bonchev–Trinajstić information content (AvgIpc) is 2.71. The van der Waals surface area contributed by atoms with Crippen LogP contribution in [-0.2, 0) is 27.8 Å². The summed E-state index contributed by atoms with van der Waals surface area (Å²) in [5.41, 5.74) is 1.72. The summed E-state index contributed by atoms with van der Waals surface area (Å²) >= 11 is 0. The topological polar surface area (TPSA) is 99.5 Å². The van der Waals surface area contributed by atoms with Crippen molar-refractivity contribution >= 4 is 28.3 Å². The Morgan fingerprint density at radius 2 is 1.86 bits per heavy atom. The summed E-state index contributed by atoms with van der Waals surface area (Å²) in [6.45, 7) is 1.63. The summed E-state index contributed by atoms with van der Waals surface area (Å²) in [6, 6.07) is 12.2. The molecule has 0 unspecified atom stereocenters. The van der Waals surface area contributed by atoms with E-state index in [9.17, 15) is 14.4 Å². The second-order valence-electron chi connectivity index (χ2n) is 6.49. The standard InChI is InChI=1S/C21H21N3O5/c1-13-10-14(29-12-20(26)28-3)8-9-17(13)22-19(25)11-18-15-6-4-5-7-16(15)21(27)24(2)23-18/h4-10H,11-12H2,1-3H3,(H,22,25). The molecule has 150 valence electrons. The molecular weight excluding hydrogens is 374 g/mol. The maximum absolute atomic E-state index is 12.6. The number of ether oxygens (including phenoxy) is 2. The summed E-state index contributed by atoms with van der Waals surface area (Å²) in [5, 5.41) is 8.28. The number of esters is 1. The lowest BCUT2D eigenvalue weighted by Crippen LogP contribution is -2.24. The molecule has 1 aromatic heterocycles. The SMILES string of the molecule is COC(=O)COc1ccc(NC(=O)Cc2nn(C)c(=O)c3ccccc23)c(C)c1. The van der Waals surface area contributed by atoms with E-state index in [1.54, 1.807) is 43.4 Å². The maximum atomic E-state index is 12.6. The number of aromatic nitrogens is 2. The van der Waals surface area contributed by atoms with Crippen molar-refractivity contribution in [3.05, 3.63) is 64.1 Å². The zero-order valence-corrected chi connectivity index (χ0v) is 16.4. The van der Waals surface area contributed by atoms with Gasteiger partial charge in [0.05, 0.1) is 24.6 Å².